The second kappa shape index (κ2) is 12.0. The molecule has 3 aromatic rings. The molecule has 1 fully saturated rings. The highest BCUT2D eigenvalue weighted by molar-refractivity contribution is 7.90. The number of amides is 1. The second-order valence-corrected chi connectivity index (χ2v) is 12.2. The van der Waals surface area contributed by atoms with Crippen molar-refractivity contribution in [3.05, 3.63) is 83.2 Å². The van der Waals surface area contributed by atoms with Crippen LogP contribution in [0.5, 0.6) is 0 Å². The normalized spacial score (nSPS) is 15.8. The van der Waals surface area contributed by atoms with Gasteiger partial charge in [-0.05, 0) is 36.8 Å². The van der Waals surface area contributed by atoms with E-state index < -0.39 is 9.84 Å². The van der Waals surface area contributed by atoms with Gasteiger partial charge >= 0.3 is 0 Å². The minimum Gasteiger partial charge on any atom is -0.376 e. The van der Waals surface area contributed by atoms with Crippen LogP contribution in [-0.4, -0.2) is 48.0 Å². The Bertz CT molecular complexity index is 1300. The van der Waals surface area contributed by atoms with E-state index in [-0.39, 0.29) is 41.8 Å². The summed E-state index contributed by atoms with van der Waals surface area (Å²) in [6, 6.07) is 17.2. The van der Waals surface area contributed by atoms with Crippen LogP contribution in [0.15, 0.2) is 66.0 Å². The van der Waals surface area contributed by atoms with E-state index in [0.29, 0.717) is 19.7 Å². The van der Waals surface area contributed by atoms with E-state index in [9.17, 15) is 13.2 Å². The first-order valence-corrected chi connectivity index (χ1v) is 14.6. The van der Waals surface area contributed by atoms with E-state index >= 15 is 0 Å². The van der Waals surface area contributed by atoms with Crippen molar-refractivity contribution >= 4 is 15.7 Å². The van der Waals surface area contributed by atoms with Crippen molar-refractivity contribution in [1.82, 2.24) is 14.5 Å². The molecule has 8 heteroatoms. The number of benzene rings is 2. The summed E-state index contributed by atoms with van der Waals surface area (Å²) < 4.78 is 34.6. The van der Waals surface area contributed by atoms with E-state index in [4.69, 9.17) is 4.74 Å². The Morgan fingerprint density at radius 3 is 2.57 bits per heavy atom. The van der Waals surface area contributed by atoms with E-state index in [1.54, 1.807) is 15.7 Å². The molecule has 1 saturated heterocycles. The van der Waals surface area contributed by atoms with E-state index in [2.05, 4.69) is 4.98 Å². The van der Waals surface area contributed by atoms with Gasteiger partial charge in [0.25, 0.3) is 0 Å². The Balaban J connectivity index is 1.62. The first kappa shape index (κ1) is 27.1. The molecule has 2 aromatic carbocycles. The summed E-state index contributed by atoms with van der Waals surface area (Å²) in [6.07, 6.45) is 3.79. The molecule has 0 aliphatic carbocycles. The average Bonchev–Trinajstić information content (AvgIpc) is 3.49. The van der Waals surface area contributed by atoms with Crippen molar-refractivity contribution in [2.75, 3.05) is 13.2 Å². The number of ether oxygens (including phenoxy) is 1. The molecule has 37 heavy (non-hydrogen) atoms. The fourth-order valence-corrected chi connectivity index (χ4v) is 6.27. The van der Waals surface area contributed by atoms with Crippen LogP contribution in [0.3, 0.4) is 0 Å². The molecule has 1 aromatic heterocycles. The van der Waals surface area contributed by atoms with Crippen molar-refractivity contribution < 1.29 is 17.9 Å². The summed E-state index contributed by atoms with van der Waals surface area (Å²) in [4.78, 5) is 19.6. The van der Waals surface area contributed by atoms with Gasteiger partial charge in [-0.25, -0.2) is 13.4 Å². The number of carbonyl (C=O) groups is 1. The largest absolute Gasteiger partial charge is 0.376 e. The number of hydrogen-bond donors (Lipinski definition) is 0. The lowest BCUT2D eigenvalue weighted by atomic mass is 10.1. The van der Waals surface area contributed by atoms with Crippen LogP contribution < -0.4 is 0 Å². The molecule has 4 rings (SSSR count). The highest BCUT2D eigenvalue weighted by Crippen LogP contribution is 2.22. The maximum Gasteiger partial charge on any atom is 0.228 e. The second-order valence-electron chi connectivity index (χ2n) is 10.4. The maximum absolute atomic E-state index is 13.5. The van der Waals surface area contributed by atoms with Crippen molar-refractivity contribution in [2.24, 2.45) is 5.92 Å². The lowest BCUT2D eigenvalue weighted by Crippen LogP contribution is -2.38. The van der Waals surface area contributed by atoms with Crippen LogP contribution in [0.4, 0.5) is 0 Å². The van der Waals surface area contributed by atoms with Crippen LogP contribution in [0.25, 0.3) is 0 Å². The number of sulfone groups is 1. The van der Waals surface area contributed by atoms with E-state index in [1.807, 2.05) is 75.4 Å². The van der Waals surface area contributed by atoms with Gasteiger partial charge in [-0.2, -0.15) is 0 Å². The number of carbonyl (C=O) groups excluding carboxylic acids is 1. The van der Waals surface area contributed by atoms with Crippen LogP contribution in [0.1, 0.15) is 49.1 Å². The zero-order chi connectivity index (χ0) is 26.4. The first-order valence-electron chi connectivity index (χ1n) is 13.0. The van der Waals surface area contributed by atoms with Gasteiger partial charge in [-0.1, -0.05) is 74.0 Å². The highest BCUT2D eigenvalue weighted by Gasteiger charge is 2.28. The molecule has 1 amide bonds. The quantitative estimate of drug-likeness (QED) is 0.368. The van der Waals surface area contributed by atoms with Crippen molar-refractivity contribution in [2.45, 2.75) is 70.1 Å². The molecule has 0 radical (unpaired) electrons. The van der Waals surface area contributed by atoms with Crippen LogP contribution in [0, 0.1) is 12.8 Å². The van der Waals surface area contributed by atoms with Gasteiger partial charge in [0.1, 0.15) is 0 Å². The molecule has 1 unspecified atom stereocenters. The minimum atomic E-state index is -3.69. The maximum atomic E-state index is 13.5. The smallest absolute Gasteiger partial charge is 0.228 e. The van der Waals surface area contributed by atoms with Gasteiger partial charge in [-0.3, -0.25) is 4.79 Å². The molecule has 1 aliphatic heterocycles. The molecule has 0 N–H and O–H groups in total. The van der Waals surface area contributed by atoms with Gasteiger partial charge in [-0.15, -0.1) is 0 Å². The molecule has 0 bridgehead atoms. The Morgan fingerprint density at radius 1 is 1.14 bits per heavy atom. The summed E-state index contributed by atoms with van der Waals surface area (Å²) in [6.45, 7) is 8.01. The highest BCUT2D eigenvalue weighted by atomic mass is 32.2. The molecule has 198 valence electrons. The number of aryl methyl sites for hydroxylation is 1. The molecule has 7 nitrogen and oxygen atoms in total. The standard InChI is InChI=1S/C29H37N3O4S/c1-22(2)18-32-26(17-30-29(32)37(34,35)21-25-12-7-9-23(3)15-25)19-31(20-27-13-8-14-36-27)28(33)16-24-10-5-4-6-11-24/h4-7,9-12,15,17,22,27H,8,13-14,16,18-21H2,1-3H3. The number of nitrogens with zero attached hydrogens (tertiary/aromatic N) is 3. The third-order valence-corrected chi connectivity index (χ3v) is 8.11. The van der Waals surface area contributed by atoms with Gasteiger partial charge in [0, 0.05) is 19.7 Å². The zero-order valence-electron chi connectivity index (χ0n) is 22.0. The zero-order valence-corrected chi connectivity index (χ0v) is 22.8. The average molecular weight is 524 g/mol. The fraction of sp³-hybridized carbons (Fsp3) is 0.448. The molecule has 0 spiro atoms. The third kappa shape index (κ3) is 7.29. The summed E-state index contributed by atoms with van der Waals surface area (Å²) in [5, 5.41) is 0.0604. The van der Waals surface area contributed by atoms with E-state index in [1.165, 1.54) is 0 Å². The first-order chi connectivity index (χ1) is 17.7. The van der Waals surface area contributed by atoms with E-state index in [0.717, 1.165) is 35.2 Å². The van der Waals surface area contributed by atoms with Gasteiger partial charge < -0.3 is 14.2 Å². The lowest BCUT2D eigenvalue weighted by Gasteiger charge is -2.26. The SMILES string of the molecule is Cc1cccc(CS(=O)(=O)c2ncc(CN(CC3CCCO3)C(=O)Cc3ccccc3)n2CC(C)C)c1. The fourth-order valence-electron chi connectivity index (χ4n) is 4.78. The van der Waals surface area contributed by atoms with Gasteiger partial charge in [0.05, 0.1) is 36.7 Å². The van der Waals surface area contributed by atoms with Crippen molar-refractivity contribution in [1.29, 1.82) is 0 Å². The van der Waals surface area contributed by atoms with Crippen molar-refractivity contribution in [3.63, 3.8) is 0 Å². The number of aromatic nitrogens is 2. The Labute approximate surface area is 220 Å². The summed E-state index contributed by atoms with van der Waals surface area (Å²) in [5.74, 6) is 0.0752. The lowest BCUT2D eigenvalue weighted by molar-refractivity contribution is -0.132. The third-order valence-electron chi connectivity index (χ3n) is 6.52. The predicted octanol–water partition coefficient (Wildman–Crippen LogP) is 4.57. The van der Waals surface area contributed by atoms with Crippen LogP contribution >= 0.6 is 0 Å². The van der Waals surface area contributed by atoms with Gasteiger partial charge in [0.2, 0.25) is 20.9 Å². The Kier molecular flexibility index (Phi) is 8.82. The molecule has 2 heterocycles. The Hall–Kier alpha value is -2.97. The number of hydrogen-bond acceptors (Lipinski definition) is 5. The predicted molar refractivity (Wildman–Crippen MR) is 144 cm³/mol. The molecule has 1 atom stereocenters. The van der Waals surface area contributed by atoms with Gasteiger partial charge in [0.15, 0.2) is 0 Å². The van der Waals surface area contributed by atoms with Crippen LogP contribution in [-0.2, 0) is 44.6 Å². The topological polar surface area (TPSA) is 81.5 Å². The summed E-state index contributed by atoms with van der Waals surface area (Å²) in [5.41, 5.74) is 3.41. The summed E-state index contributed by atoms with van der Waals surface area (Å²) >= 11 is 0. The summed E-state index contributed by atoms with van der Waals surface area (Å²) in [7, 11) is -3.69. The molecular formula is C29H37N3O4S. The Morgan fingerprint density at radius 2 is 1.89 bits per heavy atom. The number of imidazole rings is 1. The molecular weight excluding hydrogens is 486 g/mol. The monoisotopic (exact) mass is 523 g/mol. The van der Waals surface area contributed by atoms with Crippen LogP contribution in [0.2, 0.25) is 0 Å². The van der Waals surface area contributed by atoms with Crippen molar-refractivity contribution in [3.8, 4) is 0 Å². The molecule has 0 saturated carbocycles. The minimum absolute atomic E-state index is 0.00860. The number of rotatable bonds is 11. The molecule has 1 aliphatic rings.